The van der Waals surface area contributed by atoms with Gasteiger partial charge in [0.25, 0.3) is 5.56 Å². The first-order chi connectivity index (χ1) is 13.8. The number of aromatic nitrogens is 4. The van der Waals surface area contributed by atoms with Crippen LogP contribution in [0.4, 0.5) is 0 Å². The third-order valence-electron chi connectivity index (χ3n) is 4.64. The highest BCUT2D eigenvalue weighted by atomic mass is 16.5. The second-order valence-electron chi connectivity index (χ2n) is 6.80. The topological polar surface area (TPSA) is 110 Å². The molecule has 2 aromatic heterocycles. The van der Waals surface area contributed by atoms with Gasteiger partial charge in [0, 0.05) is 6.20 Å². The number of hydrogen-bond acceptors (Lipinski definition) is 5. The normalized spacial score (nSPS) is 11.0. The van der Waals surface area contributed by atoms with Crippen molar-refractivity contribution in [3.63, 3.8) is 0 Å². The number of hydrogen-bond donors (Lipinski definition) is 2. The fourth-order valence-corrected chi connectivity index (χ4v) is 3.10. The van der Waals surface area contributed by atoms with E-state index in [1.54, 1.807) is 12.1 Å². The number of ether oxygens (including phenoxy) is 1. The van der Waals surface area contributed by atoms with Gasteiger partial charge in [0.1, 0.15) is 11.5 Å². The van der Waals surface area contributed by atoms with Crippen LogP contribution in [0.5, 0.6) is 11.5 Å². The van der Waals surface area contributed by atoms with Crippen LogP contribution in [-0.4, -0.2) is 30.8 Å². The predicted molar refractivity (Wildman–Crippen MR) is 107 cm³/mol. The van der Waals surface area contributed by atoms with Crippen LogP contribution in [0.3, 0.4) is 0 Å². The van der Waals surface area contributed by atoms with E-state index >= 15 is 0 Å². The number of carboxylic acid groups (broad SMARTS) is 1. The SMILES string of the molecule is Cc1cc2nc(-n3ccc(C(=O)O)n3)[nH]c(=O)c2cc1Oc1c(C)cccc1C. The van der Waals surface area contributed by atoms with Gasteiger partial charge >= 0.3 is 5.97 Å². The van der Waals surface area contributed by atoms with Crippen molar-refractivity contribution in [2.75, 3.05) is 0 Å². The number of aromatic amines is 1. The summed E-state index contributed by atoms with van der Waals surface area (Å²) in [6, 6.07) is 10.7. The highest BCUT2D eigenvalue weighted by molar-refractivity contribution is 5.85. The van der Waals surface area contributed by atoms with Crippen LogP contribution in [-0.2, 0) is 0 Å². The monoisotopic (exact) mass is 390 g/mol. The number of carbonyl (C=O) groups is 1. The highest BCUT2D eigenvalue weighted by Crippen LogP contribution is 2.32. The van der Waals surface area contributed by atoms with Gasteiger partial charge in [0.15, 0.2) is 5.69 Å². The first-order valence-corrected chi connectivity index (χ1v) is 8.91. The summed E-state index contributed by atoms with van der Waals surface area (Å²) in [7, 11) is 0. The fourth-order valence-electron chi connectivity index (χ4n) is 3.10. The molecule has 0 radical (unpaired) electrons. The molecule has 0 amide bonds. The Hall–Kier alpha value is -3.94. The molecule has 146 valence electrons. The summed E-state index contributed by atoms with van der Waals surface area (Å²) in [5, 5.41) is 13.3. The molecule has 8 heteroatoms. The van der Waals surface area contributed by atoms with E-state index < -0.39 is 5.97 Å². The molecule has 0 aliphatic carbocycles. The second-order valence-corrected chi connectivity index (χ2v) is 6.80. The number of benzene rings is 2. The van der Waals surface area contributed by atoms with Gasteiger partial charge in [-0.05, 0) is 55.7 Å². The minimum atomic E-state index is -1.16. The maximum absolute atomic E-state index is 12.7. The number of rotatable bonds is 4. The van der Waals surface area contributed by atoms with Gasteiger partial charge in [-0.2, -0.15) is 5.10 Å². The number of nitrogens with zero attached hydrogens (tertiary/aromatic N) is 3. The van der Waals surface area contributed by atoms with Crippen LogP contribution in [0.2, 0.25) is 0 Å². The molecule has 0 atom stereocenters. The van der Waals surface area contributed by atoms with E-state index in [1.807, 2.05) is 39.0 Å². The van der Waals surface area contributed by atoms with Gasteiger partial charge in [-0.3, -0.25) is 9.78 Å². The third-order valence-corrected chi connectivity index (χ3v) is 4.64. The molecule has 2 heterocycles. The Morgan fingerprint density at radius 1 is 1.10 bits per heavy atom. The molecule has 0 fully saturated rings. The Labute approximate surface area is 165 Å². The lowest BCUT2D eigenvalue weighted by molar-refractivity contribution is 0.0690. The average Bonchev–Trinajstić information content (AvgIpc) is 3.16. The molecule has 0 saturated heterocycles. The minimum Gasteiger partial charge on any atom is -0.476 e. The van der Waals surface area contributed by atoms with Gasteiger partial charge in [-0.1, -0.05) is 18.2 Å². The molecule has 0 aliphatic rings. The van der Waals surface area contributed by atoms with E-state index in [2.05, 4.69) is 15.1 Å². The second kappa shape index (κ2) is 6.90. The quantitative estimate of drug-likeness (QED) is 0.552. The summed E-state index contributed by atoms with van der Waals surface area (Å²) in [5.41, 5.74) is 2.77. The summed E-state index contributed by atoms with van der Waals surface area (Å²) >= 11 is 0. The third kappa shape index (κ3) is 3.36. The van der Waals surface area contributed by atoms with Crippen LogP contribution in [0, 0.1) is 20.8 Å². The lowest BCUT2D eigenvalue weighted by Crippen LogP contribution is -2.14. The van der Waals surface area contributed by atoms with Crippen molar-refractivity contribution < 1.29 is 14.6 Å². The van der Waals surface area contributed by atoms with Crippen molar-refractivity contribution in [2.45, 2.75) is 20.8 Å². The largest absolute Gasteiger partial charge is 0.476 e. The first-order valence-electron chi connectivity index (χ1n) is 8.91. The highest BCUT2D eigenvalue weighted by Gasteiger charge is 2.14. The molecule has 0 bridgehead atoms. The maximum Gasteiger partial charge on any atom is 0.356 e. The van der Waals surface area contributed by atoms with Gasteiger partial charge in [0.05, 0.1) is 10.9 Å². The van der Waals surface area contributed by atoms with Gasteiger partial charge in [-0.15, -0.1) is 0 Å². The zero-order chi connectivity index (χ0) is 20.7. The molecule has 0 aliphatic heterocycles. The smallest absolute Gasteiger partial charge is 0.356 e. The number of H-pyrrole nitrogens is 1. The number of para-hydroxylation sites is 1. The molecule has 4 rings (SSSR count). The fraction of sp³-hybridized carbons (Fsp3) is 0.143. The van der Waals surface area contributed by atoms with Crippen molar-refractivity contribution in [3.8, 4) is 17.4 Å². The van der Waals surface area contributed by atoms with Crippen molar-refractivity contribution in [1.82, 2.24) is 19.7 Å². The van der Waals surface area contributed by atoms with Crippen LogP contribution in [0.15, 0.2) is 47.4 Å². The van der Waals surface area contributed by atoms with Crippen molar-refractivity contribution in [2.24, 2.45) is 0 Å². The molecule has 29 heavy (non-hydrogen) atoms. The molecule has 0 unspecified atom stereocenters. The maximum atomic E-state index is 12.7. The first kappa shape index (κ1) is 18.4. The standard InChI is InChI=1S/C21H18N4O4/c1-11-5-4-6-12(2)18(11)29-17-10-14-16(9-13(17)3)22-21(23-19(14)26)25-8-7-15(24-25)20(27)28/h4-10H,1-3H3,(H,27,28)(H,22,23,26). The zero-order valence-corrected chi connectivity index (χ0v) is 16.1. The van der Waals surface area contributed by atoms with Crippen LogP contribution in [0.25, 0.3) is 16.9 Å². The van der Waals surface area contributed by atoms with E-state index in [9.17, 15) is 9.59 Å². The summed E-state index contributed by atoms with van der Waals surface area (Å²) < 4.78 is 7.34. The molecular weight excluding hydrogens is 372 g/mol. The molecular formula is C21H18N4O4. The Kier molecular flexibility index (Phi) is 4.38. The Morgan fingerprint density at radius 2 is 1.83 bits per heavy atom. The zero-order valence-electron chi connectivity index (χ0n) is 16.1. The molecule has 4 aromatic rings. The van der Waals surface area contributed by atoms with E-state index in [-0.39, 0.29) is 17.2 Å². The Balaban J connectivity index is 1.79. The van der Waals surface area contributed by atoms with Crippen molar-refractivity contribution in [1.29, 1.82) is 0 Å². The van der Waals surface area contributed by atoms with Crippen LogP contribution < -0.4 is 10.3 Å². The minimum absolute atomic E-state index is 0.137. The molecule has 0 saturated carbocycles. The van der Waals surface area contributed by atoms with E-state index in [0.29, 0.717) is 16.7 Å². The summed E-state index contributed by atoms with van der Waals surface area (Å²) in [5.74, 6) is 0.310. The van der Waals surface area contributed by atoms with Gasteiger partial charge in [-0.25, -0.2) is 14.5 Å². The number of nitrogens with one attached hydrogen (secondary N) is 1. The molecule has 2 N–H and O–H groups in total. The van der Waals surface area contributed by atoms with Crippen molar-refractivity contribution >= 4 is 16.9 Å². The lowest BCUT2D eigenvalue weighted by Gasteiger charge is -2.14. The number of aryl methyl sites for hydroxylation is 3. The number of aromatic carboxylic acids is 1. The summed E-state index contributed by atoms with van der Waals surface area (Å²) in [6.07, 6.45) is 1.43. The van der Waals surface area contributed by atoms with Gasteiger partial charge in [0.2, 0.25) is 5.95 Å². The Morgan fingerprint density at radius 3 is 2.48 bits per heavy atom. The Bertz CT molecular complexity index is 1300. The average molecular weight is 390 g/mol. The lowest BCUT2D eigenvalue weighted by atomic mass is 10.1. The summed E-state index contributed by atoms with van der Waals surface area (Å²) in [4.78, 5) is 30.7. The van der Waals surface area contributed by atoms with Crippen molar-refractivity contribution in [3.05, 3.63) is 75.3 Å². The van der Waals surface area contributed by atoms with Crippen LogP contribution in [0.1, 0.15) is 27.2 Å². The van der Waals surface area contributed by atoms with Crippen LogP contribution >= 0.6 is 0 Å². The van der Waals surface area contributed by atoms with E-state index in [1.165, 1.54) is 16.9 Å². The van der Waals surface area contributed by atoms with E-state index in [0.717, 1.165) is 22.4 Å². The predicted octanol–water partition coefficient (Wildman–Crippen LogP) is 3.52. The molecule has 8 nitrogen and oxygen atoms in total. The number of fused-ring (bicyclic) bond motifs is 1. The number of carboxylic acids is 1. The molecule has 2 aromatic carbocycles. The molecule has 0 spiro atoms. The van der Waals surface area contributed by atoms with E-state index in [4.69, 9.17) is 9.84 Å². The van der Waals surface area contributed by atoms with Gasteiger partial charge < -0.3 is 9.84 Å². The summed E-state index contributed by atoms with van der Waals surface area (Å²) in [6.45, 7) is 5.81.